The summed E-state index contributed by atoms with van der Waals surface area (Å²) in [4.78, 5) is 38.4. The van der Waals surface area contributed by atoms with Crippen LogP contribution >= 0.6 is 11.3 Å². The molecule has 3 N–H and O–H groups in total. The molecule has 1 aliphatic carbocycles. The topological polar surface area (TPSA) is 96.5 Å². The lowest BCUT2D eigenvalue weighted by Gasteiger charge is -2.16. The second kappa shape index (κ2) is 9.56. The van der Waals surface area contributed by atoms with Crippen molar-refractivity contribution in [3.8, 4) is 5.75 Å². The van der Waals surface area contributed by atoms with Crippen molar-refractivity contribution in [1.82, 2.24) is 16.2 Å². The van der Waals surface area contributed by atoms with Crippen LogP contribution < -0.4 is 20.9 Å². The number of hydrazine groups is 1. The molecule has 0 spiro atoms. The molecule has 3 amide bonds. The van der Waals surface area contributed by atoms with E-state index < -0.39 is 11.8 Å². The van der Waals surface area contributed by atoms with Gasteiger partial charge < -0.3 is 10.1 Å². The molecule has 2 aromatic rings. The smallest absolute Gasteiger partial charge is 0.279 e. The van der Waals surface area contributed by atoms with Crippen LogP contribution in [0.1, 0.15) is 50.7 Å². The van der Waals surface area contributed by atoms with E-state index in [1.165, 1.54) is 21.8 Å². The molecule has 1 heterocycles. The van der Waals surface area contributed by atoms with Crippen LogP contribution in [0.25, 0.3) is 0 Å². The van der Waals surface area contributed by atoms with E-state index in [-0.39, 0.29) is 12.5 Å². The standard InChI is InChI=1S/C21H25N3O4S/c1-3-28-16-7-5-4-6-15(16)20(26)22-12-19(25)23-24-21(27)18-11-14-10-13(2)8-9-17(14)29-18/h4-7,11,13H,3,8-10,12H2,1-2H3,(H,22,26)(H,23,25)(H,24,27)/t13-/m1/s1. The minimum atomic E-state index is -0.518. The molecule has 0 radical (unpaired) electrons. The maximum Gasteiger partial charge on any atom is 0.279 e. The van der Waals surface area contributed by atoms with Gasteiger partial charge in [-0.15, -0.1) is 11.3 Å². The summed E-state index contributed by atoms with van der Waals surface area (Å²) < 4.78 is 5.42. The highest BCUT2D eigenvalue weighted by Gasteiger charge is 2.21. The lowest BCUT2D eigenvalue weighted by Crippen LogP contribution is -2.46. The van der Waals surface area contributed by atoms with E-state index in [1.54, 1.807) is 24.3 Å². The van der Waals surface area contributed by atoms with E-state index in [0.29, 0.717) is 28.7 Å². The Labute approximate surface area is 173 Å². The predicted molar refractivity (Wildman–Crippen MR) is 111 cm³/mol. The Morgan fingerprint density at radius 2 is 1.97 bits per heavy atom. The second-order valence-electron chi connectivity index (χ2n) is 7.02. The zero-order chi connectivity index (χ0) is 20.8. The highest BCUT2D eigenvalue weighted by molar-refractivity contribution is 7.14. The third-order valence-corrected chi connectivity index (χ3v) is 5.95. The first-order valence-corrected chi connectivity index (χ1v) is 10.5. The third-order valence-electron chi connectivity index (χ3n) is 4.71. The van der Waals surface area contributed by atoms with Crippen LogP contribution in [0.3, 0.4) is 0 Å². The Hall–Kier alpha value is -2.87. The molecule has 1 atom stereocenters. The summed E-state index contributed by atoms with van der Waals surface area (Å²) >= 11 is 1.47. The highest BCUT2D eigenvalue weighted by atomic mass is 32.1. The zero-order valence-electron chi connectivity index (χ0n) is 16.5. The van der Waals surface area contributed by atoms with Crippen molar-refractivity contribution < 1.29 is 19.1 Å². The van der Waals surface area contributed by atoms with E-state index in [4.69, 9.17) is 4.74 Å². The Bertz CT molecular complexity index is 909. The molecule has 1 aromatic carbocycles. The zero-order valence-corrected chi connectivity index (χ0v) is 17.4. The Balaban J connectivity index is 1.48. The number of fused-ring (bicyclic) bond motifs is 1. The van der Waals surface area contributed by atoms with Gasteiger partial charge >= 0.3 is 0 Å². The van der Waals surface area contributed by atoms with Gasteiger partial charge in [0, 0.05) is 4.88 Å². The molecule has 1 aromatic heterocycles. The molecular formula is C21H25N3O4S. The number of ether oxygens (including phenoxy) is 1. The number of carbonyl (C=O) groups is 3. The van der Waals surface area contributed by atoms with Crippen molar-refractivity contribution in [2.24, 2.45) is 5.92 Å². The lowest BCUT2D eigenvalue weighted by molar-refractivity contribution is -0.120. The minimum Gasteiger partial charge on any atom is -0.493 e. The van der Waals surface area contributed by atoms with Crippen LogP contribution in [0.4, 0.5) is 0 Å². The van der Waals surface area contributed by atoms with E-state index >= 15 is 0 Å². The molecule has 29 heavy (non-hydrogen) atoms. The molecular weight excluding hydrogens is 390 g/mol. The van der Waals surface area contributed by atoms with E-state index in [9.17, 15) is 14.4 Å². The predicted octanol–water partition coefficient (Wildman–Crippen LogP) is 2.46. The van der Waals surface area contributed by atoms with Crippen LogP contribution in [0.15, 0.2) is 30.3 Å². The normalized spacial score (nSPS) is 15.2. The van der Waals surface area contributed by atoms with Gasteiger partial charge in [0.1, 0.15) is 5.75 Å². The van der Waals surface area contributed by atoms with Gasteiger partial charge in [-0.05, 0) is 55.9 Å². The fourth-order valence-corrected chi connectivity index (χ4v) is 4.34. The molecule has 0 aliphatic heterocycles. The highest BCUT2D eigenvalue weighted by Crippen LogP contribution is 2.32. The Morgan fingerprint density at radius 1 is 1.17 bits per heavy atom. The fraction of sp³-hybridized carbons (Fsp3) is 0.381. The number of amides is 3. The Kier molecular flexibility index (Phi) is 6.87. The van der Waals surface area contributed by atoms with Crippen molar-refractivity contribution in [2.45, 2.75) is 33.1 Å². The summed E-state index contributed by atoms with van der Waals surface area (Å²) in [6, 6.07) is 8.72. The van der Waals surface area contributed by atoms with Gasteiger partial charge in [-0.1, -0.05) is 19.1 Å². The number of para-hydroxylation sites is 1. The summed E-state index contributed by atoms with van der Waals surface area (Å²) in [7, 11) is 0. The largest absolute Gasteiger partial charge is 0.493 e. The van der Waals surface area contributed by atoms with Gasteiger partial charge in [0.25, 0.3) is 17.7 Å². The summed E-state index contributed by atoms with van der Waals surface area (Å²) in [6.45, 7) is 4.21. The van der Waals surface area contributed by atoms with E-state index in [1.807, 2.05) is 13.0 Å². The average molecular weight is 416 g/mol. The first-order valence-electron chi connectivity index (χ1n) is 9.68. The second-order valence-corrected chi connectivity index (χ2v) is 8.16. The number of carbonyl (C=O) groups excluding carboxylic acids is 3. The molecule has 0 saturated heterocycles. The van der Waals surface area contributed by atoms with E-state index in [2.05, 4.69) is 23.1 Å². The van der Waals surface area contributed by atoms with Crippen molar-refractivity contribution in [3.63, 3.8) is 0 Å². The molecule has 0 saturated carbocycles. The number of aryl methyl sites for hydroxylation is 1. The van der Waals surface area contributed by atoms with E-state index in [0.717, 1.165) is 19.3 Å². The molecule has 7 nitrogen and oxygen atoms in total. The summed E-state index contributed by atoms with van der Waals surface area (Å²) in [5, 5.41) is 2.53. The van der Waals surface area contributed by atoms with Crippen LogP contribution in [0.5, 0.6) is 5.75 Å². The molecule has 0 fully saturated rings. The van der Waals surface area contributed by atoms with Crippen molar-refractivity contribution >= 4 is 29.1 Å². The first kappa shape index (κ1) is 20.9. The van der Waals surface area contributed by atoms with Gasteiger partial charge in [-0.2, -0.15) is 0 Å². The average Bonchev–Trinajstić information content (AvgIpc) is 3.14. The van der Waals surface area contributed by atoms with Crippen LogP contribution in [-0.4, -0.2) is 30.9 Å². The van der Waals surface area contributed by atoms with Gasteiger partial charge in [0.15, 0.2) is 0 Å². The number of thiophene rings is 1. The maximum atomic E-state index is 12.3. The quantitative estimate of drug-likeness (QED) is 0.632. The number of benzene rings is 1. The molecule has 0 bridgehead atoms. The third kappa shape index (κ3) is 5.35. The van der Waals surface area contributed by atoms with Crippen LogP contribution in [0, 0.1) is 5.92 Å². The monoisotopic (exact) mass is 415 g/mol. The first-order chi connectivity index (χ1) is 14.0. The summed E-state index contributed by atoms with van der Waals surface area (Å²) in [6.07, 6.45) is 3.12. The fourth-order valence-electron chi connectivity index (χ4n) is 3.24. The molecule has 3 rings (SSSR count). The van der Waals surface area contributed by atoms with Gasteiger partial charge in [0.2, 0.25) is 0 Å². The van der Waals surface area contributed by atoms with Crippen LogP contribution in [-0.2, 0) is 17.6 Å². The lowest BCUT2D eigenvalue weighted by atomic mass is 9.90. The summed E-state index contributed by atoms with van der Waals surface area (Å²) in [5.74, 6) is -0.203. The number of hydrogen-bond donors (Lipinski definition) is 3. The minimum absolute atomic E-state index is 0.266. The van der Waals surface area contributed by atoms with Gasteiger partial charge in [0.05, 0.1) is 23.6 Å². The number of hydrogen-bond acceptors (Lipinski definition) is 5. The molecule has 154 valence electrons. The number of nitrogens with one attached hydrogen (secondary N) is 3. The molecule has 1 aliphatic rings. The van der Waals surface area contributed by atoms with Crippen LogP contribution in [0.2, 0.25) is 0 Å². The Morgan fingerprint density at radius 3 is 2.76 bits per heavy atom. The summed E-state index contributed by atoms with van der Waals surface area (Å²) in [5.41, 5.74) is 6.33. The van der Waals surface area contributed by atoms with Crippen molar-refractivity contribution in [2.75, 3.05) is 13.2 Å². The molecule has 8 heteroatoms. The van der Waals surface area contributed by atoms with Gasteiger partial charge in [-0.3, -0.25) is 25.2 Å². The SMILES string of the molecule is CCOc1ccccc1C(=O)NCC(=O)NNC(=O)c1cc2c(s1)CC[C@@H](C)C2. The number of rotatable bonds is 6. The maximum absolute atomic E-state index is 12.3. The van der Waals surface area contributed by atoms with Gasteiger partial charge in [-0.25, -0.2) is 0 Å². The van der Waals surface area contributed by atoms with Crippen molar-refractivity contribution in [1.29, 1.82) is 0 Å². The molecule has 0 unspecified atom stereocenters. The van der Waals surface area contributed by atoms with Crippen molar-refractivity contribution in [3.05, 3.63) is 51.2 Å².